The van der Waals surface area contributed by atoms with Crippen molar-refractivity contribution >= 4 is 5.71 Å². The molecule has 0 amide bonds. The number of pyridine rings is 1. The van der Waals surface area contributed by atoms with Crippen LogP contribution in [-0.2, 0) is 4.84 Å². The molecule has 2 N–H and O–H groups in total. The summed E-state index contributed by atoms with van der Waals surface area (Å²) < 4.78 is 25.1. The van der Waals surface area contributed by atoms with Gasteiger partial charge in [0, 0.05) is 5.69 Å². The SMILES string of the molecule is Cc1cc(C)c(C2=NOC(O)(C(F)F)C2)c(O)n1. The minimum absolute atomic E-state index is 0.0558. The number of aromatic nitrogens is 1. The second-order valence-electron chi connectivity index (χ2n) is 4.23. The van der Waals surface area contributed by atoms with Crippen molar-refractivity contribution in [3.05, 3.63) is 22.9 Å². The molecule has 0 bridgehead atoms. The third-order valence-electron chi connectivity index (χ3n) is 2.69. The van der Waals surface area contributed by atoms with E-state index in [-0.39, 0.29) is 17.2 Å². The Morgan fingerprint density at radius 3 is 2.61 bits per heavy atom. The molecule has 5 nitrogen and oxygen atoms in total. The van der Waals surface area contributed by atoms with Gasteiger partial charge in [0.15, 0.2) is 0 Å². The van der Waals surface area contributed by atoms with Crippen LogP contribution in [0.4, 0.5) is 8.78 Å². The number of alkyl halides is 2. The second kappa shape index (κ2) is 4.16. The number of halogens is 2. The summed E-state index contributed by atoms with van der Waals surface area (Å²) in [5.74, 6) is -2.94. The zero-order valence-corrected chi connectivity index (χ0v) is 9.81. The lowest BCUT2D eigenvalue weighted by Gasteiger charge is -2.18. The minimum atomic E-state index is -3.08. The van der Waals surface area contributed by atoms with Crippen LogP contribution in [0.15, 0.2) is 11.2 Å². The summed E-state index contributed by atoms with van der Waals surface area (Å²) in [6.45, 7) is 3.38. The third-order valence-corrected chi connectivity index (χ3v) is 2.69. The lowest BCUT2D eigenvalue weighted by molar-refractivity contribution is -0.253. The van der Waals surface area contributed by atoms with E-state index in [1.807, 2.05) is 0 Å². The van der Waals surface area contributed by atoms with Gasteiger partial charge in [-0.25, -0.2) is 13.8 Å². The van der Waals surface area contributed by atoms with Gasteiger partial charge in [-0.05, 0) is 25.5 Å². The van der Waals surface area contributed by atoms with Crippen LogP contribution in [-0.4, -0.2) is 33.1 Å². The molecular weight excluding hydrogens is 246 g/mol. The van der Waals surface area contributed by atoms with Gasteiger partial charge in [0.05, 0.1) is 17.7 Å². The van der Waals surface area contributed by atoms with Crippen LogP contribution in [0.2, 0.25) is 0 Å². The molecule has 0 aliphatic carbocycles. The smallest absolute Gasteiger partial charge is 0.305 e. The zero-order chi connectivity index (χ0) is 13.5. The van der Waals surface area contributed by atoms with Crippen molar-refractivity contribution in [2.24, 2.45) is 5.16 Å². The summed E-state index contributed by atoms with van der Waals surface area (Å²) in [6.07, 6.45) is -3.58. The molecule has 1 unspecified atom stereocenters. The standard InChI is InChI=1S/C11H12F2N2O3/c1-5-3-6(2)14-9(16)8(5)7-4-11(17,10(12)13)18-15-7/h3,10,17H,4H2,1-2H3,(H,14,16). The van der Waals surface area contributed by atoms with Crippen molar-refractivity contribution in [2.45, 2.75) is 32.5 Å². The van der Waals surface area contributed by atoms with Crippen LogP contribution in [0.3, 0.4) is 0 Å². The lowest BCUT2D eigenvalue weighted by Crippen LogP contribution is -2.37. The molecule has 1 aliphatic rings. The number of hydrogen-bond acceptors (Lipinski definition) is 5. The predicted octanol–water partition coefficient (Wildman–Crippen LogP) is 1.48. The number of hydrogen-bond donors (Lipinski definition) is 2. The average Bonchev–Trinajstić information content (AvgIpc) is 2.60. The normalized spacial score (nSPS) is 23.1. The molecule has 0 saturated heterocycles. The molecular formula is C11H12F2N2O3. The molecule has 1 aromatic rings. The van der Waals surface area contributed by atoms with Gasteiger partial charge in [-0.1, -0.05) is 5.16 Å². The first-order valence-electron chi connectivity index (χ1n) is 5.26. The maximum atomic E-state index is 12.6. The van der Waals surface area contributed by atoms with Gasteiger partial charge in [-0.2, -0.15) is 0 Å². The van der Waals surface area contributed by atoms with Crippen LogP contribution in [0.25, 0.3) is 0 Å². The molecule has 0 aromatic carbocycles. The van der Waals surface area contributed by atoms with E-state index >= 15 is 0 Å². The predicted molar refractivity (Wildman–Crippen MR) is 58.6 cm³/mol. The lowest BCUT2D eigenvalue weighted by atomic mass is 10.00. The first-order chi connectivity index (χ1) is 8.33. The number of nitrogens with zero attached hydrogens (tertiary/aromatic N) is 2. The van der Waals surface area contributed by atoms with E-state index in [1.165, 1.54) is 0 Å². The van der Waals surface area contributed by atoms with Crippen LogP contribution in [0.5, 0.6) is 5.88 Å². The van der Waals surface area contributed by atoms with E-state index < -0.39 is 18.6 Å². The summed E-state index contributed by atoms with van der Waals surface area (Å²) in [6, 6.07) is 1.68. The Morgan fingerprint density at radius 1 is 1.44 bits per heavy atom. The number of rotatable bonds is 2. The molecule has 98 valence electrons. The highest BCUT2D eigenvalue weighted by molar-refractivity contribution is 6.04. The summed E-state index contributed by atoms with van der Waals surface area (Å²) >= 11 is 0. The minimum Gasteiger partial charge on any atom is -0.493 e. The third kappa shape index (κ3) is 2.01. The van der Waals surface area contributed by atoms with E-state index in [1.54, 1.807) is 19.9 Å². The Hall–Kier alpha value is -1.76. The fourth-order valence-electron chi connectivity index (χ4n) is 1.86. The van der Waals surface area contributed by atoms with Gasteiger partial charge < -0.3 is 15.1 Å². The number of oxime groups is 1. The van der Waals surface area contributed by atoms with E-state index in [0.29, 0.717) is 11.3 Å². The van der Waals surface area contributed by atoms with Gasteiger partial charge >= 0.3 is 12.2 Å². The second-order valence-corrected chi connectivity index (χ2v) is 4.23. The number of aryl methyl sites for hydroxylation is 2. The van der Waals surface area contributed by atoms with Crippen LogP contribution in [0.1, 0.15) is 23.2 Å². The Bertz CT molecular complexity index is 496. The van der Waals surface area contributed by atoms with Crippen LogP contribution in [0, 0.1) is 13.8 Å². The van der Waals surface area contributed by atoms with Gasteiger partial charge in [-0.15, -0.1) is 0 Å². The number of aliphatic hydroxyl groups is 1. The Morgan fingerprint density at radius 2 is 2.11 bits per heavy atom. The van der Waals surface area contributed by atoms with Gasteiger partial charge in [0.1, 0.15) is 0 Å². The van der Waals surface area contributed by atoms with Crippen molar-refractivity contribution < 1.29 is 23.8 Å². The Labute approximate surface area is 102 Å². The molecule has 1 aliphatic heterocycles. The maximum absolute atomic E-state index is 12.6. The topological polar surface area (TPSA) is 74.9 Å². The summed E-state index contributed by atoms with van der Waals surface area (Å²) in [4.78, 5) is 8.19. The van der Waals surface area contributed by atoms with Gasteiger partial charge in [-0.3, -0.25) is 0 Å². The van der Waals surface area contributed by atoms with E-state index in [0.717, 1.165) is 0 Å². The van der Waals surface area contributed by atoms with Crippen LogP contribution < -0.4 is 0 Å². The summed E-state index contributed by atoms with van der Waals surface area (Å²) in [5, 5.41) is 22.6. The van der Waals surface area contributed by atoms with Crippen molar-refractivity contribution in [3.8, 4) is 5.88 Å². The molecule has 1 aromatic heterocycles. The quantitative estimate of drug-likeness (QED) is 0.842. The zero-order valence-electron chi connectivity index (χ0n) is 9.81. The van der Waals surface area contributed by atoms with E-state index in [9.17, 15) is 19.0 Å². The molecule has 2 rings (SSSR count). The highest BCUT2D eigenvalue weighted by atomic mass is 19.3. The first kappa shape index (κ1) is 12.7. The largest absolute Gasteiger partial charge is 0.493 e. The molecule has 1 atom stereocenters. The van der Waals surface area contributed by atoms with Crippen molar-refractivity contribution in [2.75, 3.05) is 0 Å². The highest BCUT2D eigenvalue weighted by Crippen LogP contribution is 2.33. The molecule has 2 heterocycles. The van der Waals surface area contributed by atoms with Gasteiger partial charge in [0.2, 0.25) is 5.88 Å². The highest BCUT2D eigenvalue weighted by Gasteiger charge is 2.47. The van der Waals surface area contributed by atoms with Gasteiger partial charge in [0.25, 0.3) is 0 Å². The van der Waals surface area contributed by atoms with E-state index in [4.69, 9.17) is 0 Å². The molecule has 0 radical (unpaired) electrons. The summed E-state index contributed by atoms with van der Waals surface area (Å²) in [5.41, 5.74) is 1.50. The first-order valence-corrected chi connectivity index (χ1v) is 5.26. The molecule has 18 heavy (non-hydrogen) atoms. The van der Waals surface area contributed by atoms with Crippen molar-refractivity contribution in [1.29, 1.82) is 0 Å². The molecule has 0 fully saturated rings. The fourth-order valence-corrected chi connectivity index (χ4v) is 1.86. The number of aromatic hydroxyl groups is 1. The molecule has 7 heteroatoms. The molecule has 0 saturated carbocycles. The van der Waals surface area contributed by atoms with Crippen molar-refractivity contribution in [3.63, 3.8) is 0 Å². The van der Waals surface area contributed by atoms with Crippen LogP contribution >= 0.6 is 0 Å². The van der Waals surface area contributed by atoms with E-state index in [2.05, 4.69) is 15.0 Å². The maximum Gasteiger partial charge on any atom is 0.305 e. The summed E-state index contributed by atoms with van der Waals surface area (Å²) in [7, 11) is 0. The monoisotopic (exact) mass is 258 g/mol. The van der Waals surface area contributed by atoms with Crippen molar-refractivity contribution in [1.82, 2.24) is 4.98 Å². The average molecular weight is 258 g/mol. The Kier molecular flexibility index (Phi) is 2.94. The molecule has 0 spiro atoms. The fraction of sp³-hybridized carbons (Fsp3) is 0.455. The Balaban J connectivity index is 2.36.